The highest BCUT2D eigenvalue weighted by Crippen LogP contribution is 2.28. The summed E-state index contributed by atoms with van der Waals surface area (Å²) in [4.78, 5) is 40.5. The van der Waals surface area contributed by atoms with Gasteiger partial charge in [-0.3, -0.25) is 14.5 Å². The standard InChI is InChI=1S/C20H16N2O5/c1-27-11-6-7-16-15(10-11)12(17(21-16)20(25)26)8-9-22-18(23)13-4-2-3-5-14(13)19(22)24/h2-7,10,21H,8-9H2,1H3,(H,25,26)/p-1. The molecule has 1 aromatic heterocycles. The van der Waals surface area contributed by atoms with Crippen molar-refractivity contribution in [2.45, 2.75) is 6.42 Å². The minimum absolute atomic E-state index is 0.0603. The number of aromatic nitrogens is 1. The number of carboxylic acids is 1. The highest BCUT2D eigenvalue weighted by atomic mass is 16.5. The average molecular weight is 363 g/mol. The first-order valence-electron chi connectivity index (χ1n) is 8.36. The predicted molar refractivity (Wildman–Crippen MR) is 94.7 cm³/mol. The van der Waals surface area contributed by atoms with Crippen LogP contribution in [0.15, 0.2) is 42.5 Å². The van der Waals surface area contributed by atoms with Crippen LogP contribution in [0.25, 0.3) is 10.9 Å². The summed E-state index contributed by atoms with van der Waals surface area (Å²) in [6.07, 6.45) is 0.182. The molecule has 2 aromatic carbocycles. The molecule has 1 aliphatic heterocycles. The molecule has 0 aliphatic carbocycles. The Morgan fingerprint density at radius 3 is 2.37 bits per heavy atom. The van der Waals surface area contributed by atoms with E-state index < -0.39 is 5.97 Å². The summed E-state index contributed by atoms with van der Waals surface area (Å²) in [5.41, 5.74) is 1.76. The maximum absolute atomic E-state index is 12.5. The highest BCUT2D eigenvalue weighted by molar-refractivity contribution is 6.21. The Hall–Kier alpha value is -3.61. The number of hydrogen-bond donors (Lipinski definition) is 1. The van der Waals surface area contributed by atoms with Crippen LogP contribution < -0.4 is 9.84 Å². The Morgan fingerprint density at radius 2 is 1.78 bits per heavy atom. The SMILES string of the molecule is COc1ccc2[nH]c(C(=O)[O-])c(CCN3C(=O)c4ccccc4C3=O)c2c1. The molecule has 2 amide bonds. The Bertz CT molecular complexity index is 1060. The lowest BCUT2D eigenvalue weighted by molar-refractivity contribution is -0.255. The van der Waals surface area contributed by atoms with Crippen molar-refractivity contribution >= 4 is 28.7 Å². The summed E-state index contributed by atoms with van der Waals surface area (Å²) in [7, 11) is 1.52. The maximum atomic E-state index is 12.5. The molecule has 0 bridgehead atoms. The quantitative estimate of drug-likeness (QED) is 0.690. The van der Waals surface area contributed by atoms with E-state index in [1.807, 2.05) is 0 Å². The highest BCUT2D eigenvalue weighted by Gasteiger charge is 2.34. The zero-order chi connectivity index (χ0) is 19.1. The van der Waals surface area contributed by atoms with Gasteiger partial charge >= 0.3 is 0 Å². The molecule has 0 spiro atoms. The topological polar surface area (TPSA) is 103 Å². The van der Waals surface area contributed by atoms with Gasteiger partial charge in [0.25, 0.3) is 11.8 Å². The first-order chi connectivity index (χ1) is 13.0. The number of hydrogen-bond acceptors (Lipinski definition) is 5. The van der Waals surface area contributed by atoms with Gasteiger partial charge in [-0.05, 0) is 42.3 Å². The molecule has 0 fully saturated rings. The van der Waals surface area contributed by atoms with E-state index in [1.165, 1.54) is 7.11 Å². The summed E-state index contributed by atoms with van der Waals surface area (Å²) in [5, 5.41) is 12.2. The number of nitrogens with zero attached hydrogens (tertiary/aromatic N) is 1. The number of ether oxygens (including phenoxy) is 1. The second-order valence-corrected chi connectivity index (χ2v) is 6.24. The van der Waals surface area contributed by atoms with E-state index in [2.05, 4.69) is 4.98 Å². The third kappa shape index (κ3) is 2.64. The van der Waals surface area contributed by atoms with Crippen molar-refractivity contribution in [1.82, 2.24) is 9.88 Å². The van der Waals surface area contributed by atoms with Crippen LogP contribution in [0.3, 0.4) is 0 Å². The zero-order valence-electron chi connectivity index (χ0n) is 14.4. The number of aromatic carboxylic acids is 1. The lowest BCUT2D eigenvalue weighted by Crippen LogP contribution is -2.32. The largest absolute Gasteiger partial charge is 0.543 e. The molecule has 136 valence electrons. The van der Waals surface area contributed by atoms with E-state index in [4.69, 9.17) is 4.74 Å². The van der Waals surface area contributed by atoms with Gasteiger partial charge in [0.2, 0.25) is 0 Å². The van der Waals surface area contributed by atoms with E-state index in [0.717, 1.165) is 4.90 Å². The van der Waals surface area contributed by atoms with Crippen molar-refractivity contribution in [3.05, 3.63) is 64.8 Å². The number of rotatable bonds is 5. The Labute approximate surface area is 154 Å². The van der Waals surface area contributed by atoms with Crippen LogP contribution in [0.5, 0.6) is 5.75 Å². The number of fused-ring (bicyclic) bond motifs is 2. The van der Waals surface area contributed by atoms with E-state index in [9.17, 15) is 19.5 Å². The van der Waals surface area contributed by atoms with Crippen LogP contribution in [0.1, 0.15) is 36.8 Å². The number of amides is 2. The molecule has 0 unspecified atom stereocenters. The molecule has 1 aliphatic rings. The van der Waals surface area contributed by atoms with E-state index >= 15 is 0 Å². The van der Waals surface area contributed by atoms with Gasteiger partial charge in [0.1, 0.15) is 5.75 Å². The number of carbonyl (C=O) groups is 3. The molecule has 7 nitrogen and oxygen atoms in total. The third-order valence-electron chi connectivity index (χ3n) is 4.78. The molecule has 27 heavy (non-hydrogen) atoms. The predicted octanol–water partition coefficient (Wildman–Crippen LogP) is 1.38. The minimum Gasteiger partial charge on any atom is -0.543 e. The molecule has 0 saturated heterocycles. The lowest BCUT2D eigenvalue weighted by atomic mass is 10.1. The first kappa shape index (κ1) is 16.8. The van der Waals surface area contributed by atoms with Gasteiger partial charge in [0.05, 0.1) is 29.9 Å². The summed E-state index contributed by atoms with van der Waals surface area (Å²) < 4.78 is 5.21. The summed E-state index contributed by atoms with van der Waals surface area (Å²) in [6.45, 7) is 0.0663. The number of H-pyrrole nitrogens is 1. The first-order valence-corrected chi connectivity index (χ1v) is 8.36. The van der Waals surface area contributed by atoms with Gasteiger partial charge in [0, 0.05) is 17.4 Å². The van der Waals surface area contributed by atoms with Gasteiger partial charge in [-0.25, -0.2) is 0 Å². The zero-order valence-corrected chi connectivity index (χ0v) is 14.4. The number of nitrogens with one attached hydrogen (secondary N) is 1. The molecule has 1 N–H and O–H groups in total. The van der Waals surface area contributed by atoms with Crippen molar-refractivity contribution in [2.24, 2.45) is 0 Å². The Balaban J connectivity index is 1.68. The summed E-state index contributed by atoms with van der Waals surface area (Å²) in [5.74, 6) is -1.51. The van der Waals surface area contributed by atoms with Crippen LogP contribution in [-0.2, 0) is 6.42 Å². The van der Waals surface area contributed by atoms with Crippen LogP contribution in [0.4, 0.5) is 0 Å². The number of carboxylic acid groups (broad SMARTS) is 1. The molecule has 0 atom stereocenters. The molecular formula is C20H15N2O5-. The molecule has 3 aromatic rings. The number of imide groups is 1. The number of carbonyl (C=O) groups excluding carboxylic acids is 3. The number of methoxy groups -OCH3 is 1. The summed E-state index contributed by atoms with van der Waals surface area (Å²) >= 11 is 0. The lowest BCUT2D eigenvalue weighted by Gasteiger charge is -2.14. The minimum atomic E-state index is -1.34. The van der Waals surface area contributed by atoms with Crippen molar-refractivity contribution < 1.29 is 24.2 Å². The molecule has 4 rings (SSSR count). The molecular weight excluding hydrogens is 348 g/mol. The Kier molecular flexibility index (Phi) is 3.92. The average Bonchev–Trinajstić information content (AvgIpc) is 3.16. The van der Waals surface area contributed by atoms with Gasteiger partial charge < -0.3 is 19.6 Å². The van der Waals surface area contributed by atoms with Gasteiger partial charge in [0.15, 0.2) is 0 Å². The fourth-order valence-electron chi connectivity index (χ4n) is 3.45. The third-order valence-corrected chi connectivity index (χ3v) is 4.78. The Morgan fingerprint density at radius 1 is 1.11 bits per heavy atom. The number of aromatic amines is 1. The van der Waals surface area contributed by atoms with E-state index in [1.54, 1.807) is 42.5 Å². The van der Waals surface area contributed by atoms with Crippen molar-refractivity contribution in [2.75, 3.05) is 13.7 Å². The van der Waals surface area contributed by atoms with E-state index in [0.29, 0.717) is 33.3 Å². The number of benzene rings is 2. The van der Waals surface area contributed by atoms with E-state index in [-0.39, 0.29) is 30.5 Å². The van der Waals surface area contributed by atoms with Crippen LogP contribution in [-0.4, -0.2) is 41.3 Å². The molecule has 0 saturated carbocycles. The smallest absolute Gasteiger partial charge is 0.261 e. The second kappa shape index (κ2) is 6.28. The van der Waals surface area contributed by atoms with Crippen LogP contribution in [0.2, 0.25) is 0 Å². The summed E-state index contributed by atoms with van der Waals surface area (Å²) in [6, 6.07) is 11.8. The van der Waals surface area contributed by atoms with Crippen molar-refractivity contribution in [3.63, 3.8) is 0 Å². The van der Waals surface area contributed by atoms with Gasteiger partial charge in [-0.1, -0.05) is 12.1 Å². The van der Waals surface area contributed by atoms with Gasteiger partial charge in [-0.2, -0.15) is 0 Å². The molecule has 7 heteroatoms. The fourth-order valence-corrected chi connectivity index (χ4v) is 3.45. The van der Waals surface area contributed by atoms with Crippen molar-refractivity contribution in [1.29, 1.82) is 0 Å². The van der Waals surface area contributed by atoms with Crippen LogP contribution >= 0.6 is 0 Å². The second-order valence-electron chi connectivity index (χ2n) is 6.24. The monoisotopic (exact) mass is 363 g/mol. The normalized spacial score (nSPS) is 13.3. The van der Waals surface area contributed by atoms with Crippen molar-refractivity contribution in [3.8, 4) is 5.75 Å². The van der Waals surface area contributed by atoms with Crippen LogP contribution in [0, 0.1) is 0 Å². The molecule has 0 radical (unpaired) electrons. The van der Waals surface area contributed by atoms with Gasteiger partial charge in [-0.15, -0.1) is 0 Å². The fraction of sp³-hybridized carbons (Fsp3) is 0.150. The molecule has 2 heterocycles. The maximum Gasteiger partial charge on any atom is 0.261 e.